The predicted octanol–water partition coefficient (Wildman–Crippen LogP) is 3.11. The highest BCUT2D eigenvalue weighted by molar-refractivity contribution is 9.10. The van der Waals surface area contributed by atoms with Crippen LogP contribution in [0.5, 0.6) is 0 Å². The average molecular weight is 290 g/mol. The number of hydrogen-bond donors (Lipinski definition) is 2. The molecule has 16 heavy (non-hydrogen) atoms. The number of carboxylic acid groups (broad SMARTS) is 1. The van der Waals surface area contributed by atoms with E-state index in [1.54, 1.807) is 26.0 Å². The fourth-order valence-electron chi connectivity index (χ4n) is 1.02. The van der Waals surface area contributed by atoms with E-state index in [2.05, 4.69) is 21.2 Å². The maximum Gasteiger partial charge on any atom is 0.310 e. The molecule has 2 N–H and O–H groups in total. The zero-order chi connectivity index (χ0) is 12.3. The third kappa shape index (κ3) is 3.20. The van der Waals surface area contributed by atoms with Crippen molar-refractivity contribution in [2.24, 2.45) is 5.41 Å². The molecule has 0 aliphatic heterocycles. The average Bonchev–Trinajstić information content (AvgIpc) is 2.19. The standard InChI is InChI=1S/C11H13BrFNO2/c1-11(2,10(15)16)6-14-9-5-7(12)3-4-8(9)13/h3-5,14H,6H2,1-2H3,(H,15,16). The van der Waals surface area contributed by atoms with Gasteiger partial charge in [0.1, 0.15) is 5.82 Å². The van der Waals surface area contributed by atoms with Crippen LogP contribution in [0.25, 0.3) is 0 Å². The van der Waals surface area contributed by atoms with Crippen LogP contribution >= 0.6 is 15.9 Å². The van der Waals surface area contributed by atoms with E-state index in [1.807, 2.05) is 0 Å². The number of anilines is 1. The lowest BCUT2D eigenvalue weighted by Crippen LogP contribution is -2.31. The number of rotatable bonds is 4. The van der Waals surface area contributed by atoms with Gasteiger partial charge in [0.2, 0.25) is 0 Å². The number of carbonyl (C=O) groups is 1. The van der Waals surface area contributed by atoms with E-state index in [0.717, 1.165) is 4.47 Å². The second kappa shape index (κ2) is 4.82. The first kappa shape index (κ1) is 13.0. The number of aliphatic carboxylic acids is 1. The molecule has 1 aromatic rings. The molecule has 0 atom stereocenters. The van der Waals surface area contributed by atoms with E-state index >= 15 is 0 Å². The van der Waals surface area contributed by atoms with Gasteiger partial charge in [0.25, 0.3) is 0 Å². The Morgan fingerprint density at radius 2 is 2.19 bits per heavy atom. The van der Waals surface area contributed by atoms with Gasteiger partial charge in [0.15, 0.2) is 0 Å². The van der Waals surface area contributed by atoms with Crippen LogP contribution in [0.15, 0.2) is 22.7 Å². The van der Waals surface area contributed by atoms with Gasteiger partial charge in [-0.05, 0) is 32.0 Å². The summed E-state index contributed by atoms with van der Waals surface area (Å²) in [5, 5.41) is 11.7. The molecule has 0 amide bonds. The van der Waals surface area contributed by atoms with E-state index in [1.165, 1.54) is 6.07 Å². The molecule has 3 nitrogen and oxygen atoms in total. The second-order valence-corrected chi connectivity index (χ2v) is 5.08. The molecule has 0 fully saturated rings. The Morgan fingerprint density at radius 3 is 2.75 bits per heavy atom. The van der Waals surface area contributed by atoms with Gasteiger partial charge >= 0.3 is 5.97 Å². The van der Waals surface area contributed by atoms with Crippen LogP contribution in [0.2, 0.25) is 0 Å². The number of nitrogens with one attached hydrogen (secondary N) is 1. The van der Waals surface area contributed by atoms with Gasteiger partial charge in [-0.25, -0.2) is 4.39 Å². The summed E-state index contributed by atoms with van der Waals surface area (Å²) in [5.74, 6) is -1.32. The summed E-state index contributed by atoms with van der Waals surface area (Å²) in [6.07, 6.45) is 0. The molecule has 0 bridgehead atoms. The topological polar surface area (TPSA) is 49.3 Å². The fourth-order valence-corrected chi connectivity index (χ4v) is 1.39. The van der Waals surface area contributed by atoms with Gasteiger partial charge in [-0.15, -0.1) is 0 Å². The highest BCUT2D eigenvalue weighted by atomic mass is 79.9. The zero-order valence-electron chi connectivity index (χ0n) is 9.05. The molecule has 0 saturated heterocycles. The minimum absolute atomic E-state index is 0.162. The Labute approximate surface area is 102 Å². The van der Waals surface area contributed by atoms with Gasteiger partial charge in [-0.2, -0.15) is 0 Å². The van der Waals surface area contributed by atoms with E-state index in [0.29, 0.717) is 5.69 Å². The van der Waals surface area contributed by atoms with Crippen molar-refractivity contribution in [3.05, 3.63) is 28.5 Å². The molecule has 0 radical (unpaired) electrons. The fraction of sp³-hybridized carbons (Fsp3) is 0.364. The summed E-state index contributed by atoms with van der Waals surface area (Å²) in [5.41, 5.74) is -0.641. The monoisotopic (exact) mass is 289 g/mol. The summed E-state index contributed by atoms with van der Waals surface area (Å²) < 4.78 is 14.1. The molecule has 88 valence electrons. The third-order valence-corrected chi connectivity index (χ3v) is 2.72. The summed E-state index contributed by atoms with van der Waals surface area (Å²) >= 11 is 3.22. The summed E-state index contributed by atoms with van der Waals surface area (Å²) in [6.45, 7) is 3.33. The molecule has 5 heteroatoms. The first-order valence-electron chi connectivity index (χ1n) is 4.75. The predicted molar refractivity (Wildman–Crippen MR) is 64.0 cm³/mol. The lowest BCUT2D eigenvalue weighted by atomic mass is 9.94. The largest absolute Gasteiger partial charge is 0.481 e. The van der Waals surface area contributed by atoms with Crippen LogP contribution in [0.4, 0.5) is 10.1 Å². The lowest BCUT2D eigenvalue weighted by molar-refractivity contribution is -0.146. The molecular formula is C11H13BrFNO2. The molecule has 0 aliphatic rings. The van der Waals surface area contributed by atoms with E-state index in [9.17, 15) is 9.18 Å². The van der Waals surface area contributed by atoms with Crippen molar-refractivity contribution >= 4 is 27.6 Å². The highest BCUT2D eigenvalue weighted by Gasteiger charge is 2.26. The Kier molecular flexibility index (Phi) is 3.91. The number of carboxylic acids is 1. The number of benzene rings is 1. The minimum Gasteiger partial charge on any atom is -0.481 e. The van der Waals surface area contributed by atoms with Crippen molar-refractivity contribution in [1.82, 2.24) is 0 Å². The van der Waals surface area contributed by atoms with Crippen molar-refractivity contribution in [1.29, 1.82) is 0 Å². The number of hydrogen-bond acceptors (Lipinski definition) is 2. The quantitative estimate of drug-likeness (QED) is 0.895. The molecule has 1 rings (SSSR count). The molecule has 0 saturated carbocycles. The molecular weight excluding hydrogens is 277 g/mol. The zero-order valence-corrected chi connectivity index (χ0v) is 10.6. The van der Waals surface area contributed by atoms with E-state index < -0.39 is 17.2 Å². The van der Waals surface area contributed by atoms with Crippen LogP contribution in [-0.2, 0) is 4.79 Å². The van der Waals surface area contributed by atoms with Gasteiger partial charge in [-0.3, -0.25) is 4.79 Å². The maximum absolute atomic E-state index is 13.3. The summed E-state index contributed by atoms with van der Waals surface area (Å²) in [4.78, 5) is 10.9. The van der Waals surface area contributed by atoms with E-state index in [4.69, 9.17) is 5.11 Å². The Bertz CT molecular complexity index is 407. The first-order chi connectivity index (χ1) is 7.33. The maximum atomic E-state index is 13.3. The Hall–Kier alpha value is -1.10. The Balaban J connectivity index is 2.75. The van der Waals surface area contributed by atoms with Crippen LogP contribution in [0, 0.1) is 11.2 Å². The minimum atomic E-state index is -0.936. The Morgan fingerprint density at radius 1 is 1.56 bits per heavy atom. The van der Waals surface area contributed by atoms with Gasteiger partial charge < -0.3 is 10.4 Å². The highest BCUT2D eigenvalue weighted by Crippen LogP contribution is 2.22. The normalized spacial score (nSPS) is 11.2. The van der Waals surface area contributed by atoms with Crippen molar-refractivity contribution in [2.45, 2.75) is 13.8 Å². The first-order valence-corrected chi connectivity index (χ1v) is 5.54. The second-order valence-electron chi connectivity index (χ2n) is 4.17. The third-order valence-electron chi connectivity index (χ3n) is 2.23. The van der Waals surface area contributed by atoms with Crippen LogP contribution in [-0.4, -0.2) is 17.6 Å². The van der Waals surface area contributed by atoms with Gasteiger partial charge in [-0.1, -0.05) is 15.9 Å². The molecule has 0 spiro atoms. The van der Waals surface area contributed by atoms with Gasteiger partial charge in [0.05, 0.1) is 11.1 Å². The molecule has 0 aromatic heterocycles. The van der Waals surface area contributed by atoms with Gasteiger partial charge in [0, 0.05) is 11.0 Å². The van der Waals surface area contributed by atoms with Crippen LogP contribution in [0.1, 0.15) is 13.8 Å². The molecule has 0 unspecified atom stereocenters. The molecule has 0 aliphatic carbocycles. The summed E-state index contributed by atoms with van der Waals surface area (Å²) in [6, 6.07) is 4.48. The van der Waals surface area contributed by atoms with Crippen LogP contribution < -0.4 is 5.32 Å². The van der Waals surface area contributed by atoms with Crippen molar-refractivity contribution in [3.63, 3.8) is 0 Å². The molecule has 1 aromatic carbocycles. The smallest absolute Gasteiger partial charge is 0.310 e. The van der Waals surface area contributed by atoms with E-state index in [-0.39, 0.29) is 6.54 Å². The van der Waals surface area contributed by atoms with Crippen molar-refractivity contribution < 1.29 is 14.3 Å². The van der Waals surface area contributed by atoms with Crippen LogP contribution in [0.3, 0.4) is 0 Å². The van der Waals surface area contributed by atoms with Crippen molar-refractivity contribution in [3.8, 4) is 0 Å². The summed E-state index contributed by atoms with van der Waals surface area (Å²) in [7, 11) is 0. The number of halogens is 2. The molecule has 0 heterocycles. The SMILES string of the molecule is CC(C)(CNc1cc(Br)ccc1F)C(=O)O. The lowest BCUT2D eigenvalue weighted by Gasteiger charge is -2.20. The van der Waals surface area contributed by atoms with Crippen molar-refractivity contribution in [2.75, 3.05) is 11.9 Å².